The van der Waals surface area contributed by atoms with Gasteiger partial charge in [-0.2, -0.15) is 0 Å². The fraction of sp³-hybridized carbons (Fsp3) is 0.280. The maximum Gasteiger partial charge on any atom is 0.168 e. The summed E-state index contributed by atoms with van der Waals surface area (Å²) < 4.78 is 5.67. The number of methoxy groups -OCH3 is 1. The van der Waals surface area contributed by atoms with E-state index < -0.39 is 5.60 Å². The lowest BCUT2D eigenvalue weighted by Crippen LogP contribution is -2.45. The molecule has 29 heavy (non-hydrogen) atoms. The Labute approximate surface area is 173 Å². The van der Waals surface area contributed by atoms with Crippen LogP contribution in [0.5, 0.6) is 0 Å². The molecule has 4 nitrogen and oxygen atoms in total. The largest absolute Gasteiger partial charge is 0.362 e. The number of hydroxylamine groups is 2. The molecule has 0 aliphatic heterocycles. The Kier molecular flexibility index (Phi) is 7.55. The number of benzene rings is 3. The molecule has 0 aliphatic carbocycles. The molecule has 0 radical (unpaired) electrons. The molecule has 3 rings (SSSR count). The summed E-state index contributed by atoms with van der Waals surface area (Å²) in [6.45, 7) is 2.11. The lowest BCUT2D eigenvalue weighted by molar-refractivity contribution is -0.438. The summed E-state index contributed by atoms with van der Waals surface area (Å²) in [7, 11) is 3.28. The van der Waals surface area contributed by atoms with Crippen LogP contribution in [0, 0.1) is 0 Å². The van der Waals surface area contributed by atoms with Gasteiger partial charge < -0.3 is 4.74 Å². The first kappa shape index (κ1) is 21.2. The maximum absolute atomic E-state index is 6.74. The summed E-state index contributed by atoms with van der Waals surface area (Å²) in [5.74, 6) is 0. The SMILES string of the molecule is CCCC(OC)N(OC)OC(c1ccccc1)(c1ccccc1)c1ccccc1. The molecule has 0 spiro atoms. The monoisotopic (exact) mass is 391 g/mol. The van der Waals surface area contributed by atoms with Crippen LogP contribution in [0.3, 0.4) is 0 Å². The van der Waals surface area contributed by atoms with Crippen LogP contribution in [0.4, 0.5) is 0 Å². The molecule has 0 fully saturated rings. The summed E-state index contributed by atoms with van der Waals surface area (Å²) in [6, 6.07) is 30.6. The molecule has 3 aromatic rings. The highest BCUT2D eigenvalue weighted by molar-refractivity contribution is 5.47. The first-order valence-corrected chi connectivity index (χ1v) is 9.98. The smallest absolute Gasteiger partial charge is 0.168 e. The van der Waals surface area contributed by atoms with Gasteiger partial charge in [-0.1, -0.05) is 104 Å². The van der Waals surface area contributed by atoms with Gasteiger partial charge in [0.1, 0.15) is 0 Å². The standard InChI is InChI=1S/C25H29NO3/c1-4-14-24(27-2)26(28-3)29-25(21-15-8-5-9-16-21,22-17-10-6-11-18-22)23-19-12-7-13-20-23/h5-13,15-20,24H,4,14H2,1-3H3. The molecule has 1 unspecified atom stereocenters. The molecule has 0 aromatic heterocycles. The van der Waals surface area contributed by atoms with Crippen molar-refractivity contribution in [2.45, 2.75) is 31.6 Å². The van der Waals surface area contributed by atoms with Gasteiger partial charge >= 0.3 is 0 Å². The molecule has 4 heteroatoms. The van der Waals surface area contributed by atoms with Crippen molar-refractivity contribution in [1.29, 1.82) is 0 Å². The predicted molar refractivity (Wildman–Crippen MR) is 115 cm³/mol. The van der Waals surface area contributed by atoms with E-state index in [-0.39, 0.29) is 6.23 Å². The topological polar surface area (TPSA) is 30.9 Å². The average molecular weight is 392 g/mol. The van der Waals surface area contributed by atoms with Gasteiger partial charge in [0.25, 0.3) is 0 Å². The quantitative estimate of drug-likeness (QED) is 0.258. The Morgan fingerprint density at radius 2 is 1.14 bits per heavy atom. The predicted octanol–water partition coefficient (Wildman–Crippen LogP) is 5.55. The molecule has 152 valence electrons. The van der Waals surface area contributed by atoms with Crippen molar-refractivity contribution in [1.82, 2.24) is 5.23 Å². The highest BCUT2D eigenvalue weighted by atomic mass is 17.0. The van der Waals surface area contributed by atoms with Gasteiger partial charge in [-0.3, -0.25) is 9.68 Å². The molecule has 0 N–H and O–H groups in total. The second-order valence-electron chi connectivity index (χ2n) is 6.82. The molecular formula is C25H29NO3. The Balaban J connectivity index is 2.22. The normalized spacial score (nSPS) is 12.8. The first-order valence-electron chi connectivity index (χ1n) is 9.98. The summed E-state index contributed by atoms with van der Waals surface area (Å²) in [6.07, 6.45) is 1.38. The lowest BCUT2D eigenvalue weighted by atomic mass is 9.80. The van der Waals surface area contributed by atoms with E-state index in [0.717, 1.165) is 29.5 Å². The van der Waals surface area contributed by atoms with E-state index in [1.807, 2.05) is 54.6 Å². The summed E-state index contributed by atoms with van der Waals surface area (Å²) in [4.78, 5) is 12.4. The number of rotatable bonds is 10. The van der Waals surface area contributed by atoms with Crippen molar-refractivity contribution in [2.75, 3.05) is 14.2 Å². The minimum absolute atomic E-state index is 0.333. The van der Waals surface area contributed by atoms with Gasteiger partial charge in [-0.25, -0.2) is 0 Å². The third-order valence-electron chi connectivity index (χ3n) is 4.99. The summed E-state index contributed by atoms with van der Waals surface area (Å²) in [5.41, 5.74) is 2.12. The third kappa shape index (κ3) is 4.57. The molecule has 0 saturated carbocycles. The Morgan fingerprint density at radius 3 is 1.45 bits per heavy atom. The van der Waals surface area contributed by atoms with E-state index in [1.54, 1.807) is 14.2 Å². The van der Waals surface area contributed by atoms with Gasteiger partial charge in [-0.15, -0.1) is 0 Å². The van der Waals surface area contributed by atoms with Crippen LogP contribution in [0.1, 0.15) is 36.5 Å². The van der Waals surface area contributed by atoms with Gasteiger partial charge in [0.15, 0.2) is 11.8 Å². The maximum atomic E-state index is 6.74. The van der Waals surface area contributed by atoms with Crippen molar-refractivity contribution in [3.05, 3.63) is 108 Å². The van der Waals surface area contributed by atoms with Crippen LogP contribution in [-0.2, 0) is 20.0 Å². The highest BCUT2D eigenvalue weighted by Crippen LogP contribution is 2.41. The van der Waals surface area contributed by atoms with Crippen LogP contribution in [-0.4, -0.2) is 25.7 Å². The molecule has 0 saturated heterocycles. The van der Waals surface area contributed by atoms with Gasteiger partial charge in [0.05, 0.1) is 7.11 Å². The molecular weight excluding hydrogens is 362 g/mol. The van der Waals surface area contributed by atoms with Crippen molar-refractivity contribution < 1.29 is 14.4 Å². The minimum atomic E-state index is -0.899. The zero-order valence-corrected chi connectivity index (χ0v) is 17.3. The van der Waals surface area contributed by atoms with Crippen molar-refractivity contribution in [2.24, 2.45) is 0 Å². The fourth-order valence-corrected chi connectivity index (χ4v) is 3.58. The van der Waals surface area contributed by atoms with E-state index >= 15 is 0 Å². The second-order valence-corrected chi connectivity index (χ2v) is 6.82. The van der Waals surface area contributed by atoms with Crippen LogP contribution < -0.4 is 0 Å². The molecule has 0 aliphatic rings. The summed E-state index contributed by atoms with van der Waals surface area (Å²) >= 11 is 0. The lowest BCUT2D eigenvalue weighted by Gasteiger charge is -2.40. The second kappa shape index (κ2) is 10.3. The number of hydrogen-bond donors (Lipinski definition) is 0. The molecule has 0 bridgehead atoms. The van der Waals surface area contributed by atoms with E-state index in [1.165, 1.54) is 5.23 Å². The van der Waals surface area contributed by atoms with E-state index in [9.17, 15) is 0 Å². The van der Waals surface area contributed by atoms with Crippen molar-refractivity contribution in [3.8, 4) is 0 Å². The van der Waals surface area contributed by atoms with Gasteiger partial charge in [0.2, 0.25) is 0 Å². The molecule has 0 amide bonds. The molecule has 1 atom stereocenters. The Bertz CT molecular complexity index is 743. The highest BCUT2D eigenvalue weighted by Gasteiger charge is 2.41. The van der Waals surface area contributed by atoms with Crippen LogP contribution in [0.15, 0.2) is 91.0 Å². The Hall–Kier alpha value is -2.50. The van der Waals surface area contributed by atoms with Gasteiger partial charge in [0, 0.05) is 7.11 Å². The van der Waals surface area contributed by atoms with Crippen molar-refractivity contribution in [3.63, 3.8) is 0 Å². The molecule has 3 aromatic carbocycles. The van der Waals surface area contributed by atoms with Crippen LogP contribution >= 0.6 is 0 Å². The van der Waals surface area contributed by atoms with Crippen LogP contribution in [0.2, 0.25) is 0 Å². The van der Waals surface area contributed by atoms with Crippen molar-refractivity contribution >= 4 is 0 Å². The Morgan fingerprint density at radius 1 is 0.724 bits per heavy atom. The van der Waals surface area contributed by atoms with E-state index in [2.05, 4.69) is 43.3 Å². The number of ether oxygens (including phenoxy) is 1. The van der Waals surface area contributed by atoms with Crippen LogP contribution in [0.25, 0.3) is 0 Å². The van der Waals surface area contributed by atoms with Gasteiger partial charge in [-0.05, 0) is 28.3 Å². The van der Waals surface area contributed by atoms with E-state index in [4.69, 9.17) is 14.4 Å². The third-order valence-corrected chi connectivity index (χ3v) is 4.99. The molecule has 0 heterocycles. The first-order chi connectivity index (χ1) is 14.3. The fourth-order valence-electron chi connectivity index (χ4n) is 3.58. The zero-order valence-electron chi connectivity index (χ0n) is 17.3. The zero-order chi connectivity index (χ0) is 20.5. The number of nitrogens with zero attached hydrogens (tertiary/aromatic N) is 1. The number of hydrogen-bond acceptors (Lipinski definition) is 4. The summed E-state index contributed by atoms with van der Waals surface area (Å²) in [5, 5.41) is 1.48. The average Bonchev–Trinajstić information content (AvgIpc) is 2.81. The van der Waals surface area contributed by atoms with E-state index in [0.29, 0.717) is 0 Å². The minimum Gasteiger partial charge on any atom is -0.362 e.